The molecule has 0 saturated heterocycles. The van der Waals surface area contributed by atoms with E-state index in [2.05, 4.69) is 5.32 Å². The summed E-state index contributed by atoms with van der Waals surface area (Å²) in [5, 5.41) is 3.32. The summed E-state index contributed by atoms with van der Waals surface area (Å²) in [7, 11) is 0. The Labute approximate surface area is 95.9 Å². The predicted molar refractivity (Wildman–Crippen MR) is 67.6 cm³/mol. The molecule has 0 aromatic heterocycles. The maximum Gasteiger partial charge on any atom is 0.150 e. The van der Waals surface area contributed by atoms with Crippen molar-refractivity contribution < 1.29 is 4.74 Å². The molecule has 0 radical (unpaired) electrons. The summed E-state index contributed by atoms with van der Waals surface area (Å²) in [6.45, 7) is 4.00. The Morgan fingerprint density at radius 3 is 1.69 bits per heavy atom. The Hall–Kier alpha value is -1.96. The van der Waals surface area contributed by atoms with Crippen molar-refractivity contribution in [3.8, 4) is 11.5 Å². The van der Waals surface area contributed by atoms with Crippen molar-refractivity contribution in [3.05, 3.63) is 48.5 Å². The molecule has 1 aliphatic rings. The summed E-state index contributed by atoms with van der Waals surface area (Å²) < 4.78 is 5.71. The van der Waals surface area contributed by atoms with E-state index in [0.29, 0.717) is 0 Å². The summed E-state index contributed by atoms with van der Waals surface area (Å²) in [6.07, 6.45) is 0. The van der Waals surface area contributed by atoms with Crippen molar-refractivity contribution in [2.75, 3.05) is 5.32 Å². The molecule has 3 rings (SSSR count). The van der Waals surface area contributed by atoms with Crippen LogP contribution in [0, 0.1) is 0 Å². The van der Waals surface area contributed by atoms with Crippen molar-refractivity contribution in [2.45, 2.75) is 13.8 Å². The van der Waals surface area contributed by atoms with E-state index in [-0.39, 0.29) is 0 Å². The largest absolute Gasteiger partial charge is 0.453 e. The predicted octanol–water partition coefficient (Wildman–Crippen LogP) is 4.56. The second kappa shape index (κ2) is 4.71. The zero-order valence-electron chi connectivity index (χ0n) is 9.53. The number of nitrogens with one attached hydrogen (secondary N) is 1. The zero-order valence-corrected chi connectivity index (χ0v) is 9.53. The molecule has 0 amide bonds. The van der Waals surface area contributed by atoms with Gasteiger partial charge in [-0.25, -0.2) is 0 Å². The van der Waals surface area contributed by atoms with E-state index in [4.69, 9.17) is 4.74 Å². The van der Waals surface area contributed by atoms with Crippen molar-refractivity contribution in [2.24, 2.45) is 0 Å². The van der Waals surface area contributed by atoms with Crippen LogP contribution in [0.1, 0.15) is 13.8 Å². The molecule has 0 bridgehead atoms. The Kier molecular flexibility index (Phi) is 3.10. The molecule has 0 unspecified atom stereocenters. The van der Waals surface area contributed by atoms with Gasteiger partial charge in [0.15, 0.2) is 11.5 Å². The van der Waals surface area contributed by atoms with Crippen molar-refractivity contribution in [1.29, 1.82) is 0 Å². The summed E-state index contributed by atoms with van der Waals surface area (Å²) in [5.41, 5.74) is 2.04. The fourth-order valence-corrected chi connectivity index (χ4v) is 1.58. The molecule has 82 valence electrons. The molecular weight excluding hydrogens is 198 g/mol. The van der Waals surface area contributed by atoms with Gasteiger partial charge in [0, 0.05) is 0 Å². The highest BCUT2D eigenvalue weighted by atomic mass is 16.5. The van der Waals surface area contributed by atoms with E-state index in [1.54, 1.807) is 0 Å². The van der Waals surface area contributed by atoms with Crippen LogP contribution >= 0.6 is 0 Å². The molecule has 1 aliphatic heterocycles. The first-order valence-electron chi connectivity index (χ1n) is 5.56. The third-order valence-corrected chi connectivity index (χ3v) is 2.26. The van der Waals surface area contributed by atoms with Gasteiger partial charge >= 0.3 is 0 Å². The highest BCUT2D eigenvalue weighted by Gasteiger charge is 2.13. The Morgan fingerprint density at radius 2 is 1.19 bits per heavy atom. The van der Waals surface area contributed by atoms with Crippen LogP contribution in [-0.2, 0) is 0 Å². The van der Waals surface area contributed by atoms with Gasteiger partial charge < -0.3 is 10.1 Å². The topological polar surface area (TPSA) is 21.3 Å². The lowest BCUT2D eigenvalue weighted by Gasteiger charge is -2.20. The van der Waals surface area contributed by atoms with Crippen LogP contribution in [0.25, 0.3) is 0 Å². The molecule has 16 heavy (non-hydrogen) atoms. The molecule has 1 heterocycles. The number of hydrogen-bond acceptors (Lipinski definition) is 2. The summed E-state index contributed by atoms with van der Waals surface area (Å²) in [6, 6.07) is 15.8. The lowest BCUT2D eigenvalue weighted by molar-refractivity contribution is 0.481. The summed E-state index contributed by atoms with van der Waals surface area (Å²) in [5.74, 6) is 1.76. The molecule has 2 heteroatoms. The second-order valence-electron chi connectivity index (χ2n) is 3.22. The van der Waals surface area contributed by atoms with Crippen LogP contribution in [0.15, 0.2) is 48.5 Å². The van der Waals surface area contributed by atoms with Crippen molar-refractivity contribution in [3.63, 3.8) is 0 Å². The average molecular weight is 213 g/mol. The number of ether oxygens (including phenoxy) is 1. The smallest absolute Gasteiger partial charge is 0.150 e. The van der Waals surface area contributed by atoms with Crippen LogP contribution in [0.2, 0.25) is 0 Å². The lowest BCUT2D eigenvalue weighted by Crippen LogP contribution is -2.01. The Morgan fingerprint density at radius 1 is 0.750 bits per heavy atom. The molecule has 0 spiro atoms. The number of rotatable bonds is 0. The van der Waals surface area contributed by atoms with Gasteiger partial charge in [-0.1, -0.05) is 38.1 Å². The number of para-hydroxylation sites is 4. The summed E-state index contributed by atoms with van der Waals surface area (Å²) in [4.78, 5) is 0. The maximum atomic E-state index is 5.71. The van der Waals surface area contributed by atoms with Crippen molar-refractivity contribution >= 4 is 11.4 Å². The third-order valence-electron chi connectivity index (χ3n) is 2.26. The number of fused-ring (bicyclic) bond motifs is 2. The van der Waals surface area contributed by atoms with E-state index >= 15 is 0 Å². The Balaban J connectivity index is 0.000000457. The van der Waals surface area contributed by atoms with E-state index in [9.17, 15) is 0 Å². The minimum Gasteiger partial charge on any atom is -0.453 e. The quantitative estimate of drug-likeness (QED) is 0.591. The SMILES string of the molecule is CC.c1ccc2c(c1)Nc1ccccc1O2. The molecular formula is C14H15NO. The van der Waals surface area contributed by atoms with Crippen molar-refractivity contribution in [1.82, 2.24) is 0 Å². The van der Waals surface area contributed by atoms with E-state index in [1.165, 1.54) is 0 Å². The van der Waals surface area contributed by atoms with Gasteiger partial charge in [0.25, 0.3) is 0 Å². The van der Waals surface area contributed by atoms with E-state index in [0.717, 1.165) is 22.9 Å². The molecule has 0 atom stereocenters. The Bertz CT molecular complexity index is 392. The highest BCUT2D eigenvalue weighted by molar-refractivity contribution is 5.75. The maximum absolute atomic E-state index is 5.71. The molecule has 0 saturated carbocycles. The molecule has 0 fully saturated rings. The van der Waals surface area contributed by atoms with E-state index in [1.807, 2.05) is 62.4 Å². The van der Waals surface area contributed by atoms with E-state index < -0.39 is 0 Å². The lowest BCUT2D eigenvalue weighted by atomic mass is 10.2. The first-order chi connectivity index (χ1) is 7.93. The zero-order chi connectivity index (χ0) is 11.4. The molecule has 0 aliphatic carbocycles. The highest BCUT2D eigenvalue weighted by Crippen LogP contribution is 2.40. The minimum absolute atomic E-state index is 0.881. The van der Waals surface area contributed by atoms with Gasteiger partial charge in [-0.15, -0.1) is 0 Å². The fraction of sp³-hybridized carbons (Fsp3) is 0.143. The second-order valence-corrected chi connectivity index (χ2v) is 3.22. The molecule has 1 N–H and O–H groups in total. The van der Waals surface area contributed by atoms with Crippen LogP contribution in [0.3, 0.4) is 0 Å². The normalized spacial score (nSPS) is 10.9. The van der Waals surface area contributed by atoms with Gasteiger partial charge in [0.05, 0.1) is 11.4 Å². The first-order valence-corrected chi connectivity index (χ1v) is 5.56. The van der Waals surface area contributed by atoms with Gasteiger partial charge in [0.1, 0.15) is 0 Å². The first kappa shape index (κ1) is 10.6. The van der Waals surface area contributed by atoms with Gasteiger partial charge in [-0.3, -0.25) is 0 Å². The number of benzene rings is 2. The molecule has 2 aromatic rings. The number of anilines is 2. The standard InChI is InChI=1S/C12H9NO.C2H6/c1-3-7-11-9(5-1)13-10-6-2-4-8-12(10)14-11;1-2/h1-8,13H;1-2H3. The summed E-state index contributed by atoms with van der Waals surface area (Å²) >= 11 is 0. The van der Waals surface area contributed by atoms with Gasteiger partial charge in [-0.2, -0.15) is 0 Å². The van der Waals surface area contributed by atoms with Gasteiger partial charge in [-0.05, 0) is 24.3 Å². The monoisotopic (exact) mass is 213 g/mol. The van der Waals surface area contributed by atoms with Gasteiger partial charge in [0.2, 0.25) is 0 Å². The van der Waals surface area contributed by atoms with Crippen LogP contribution in [-0.4, -0.2) is 0 Å². The molecule has 2 aromatic carbocycles. The minimum atomic E-state index is 0.881. The van der Waals surface area contributed by atoms with Crippen LogP contribution in [0.5, 0.6) is 11.5 Å². The average Bonchev–Trinajstić information content (AvgIpc) is 2.38. The third kappa shape index (κ3) is 1.87. The van der Waals surface area contributed by atoms with Crippen LogP contribution < -0.4 is 10.1 Å². The molecule has 2 nitrogen and oxygen atoms in total. The van der Waals surface area contributed by atoms with Crippen LogP contribution in [0.4, 0.5) is 11.4 Å². The fourth-order valence-electron chi connectivity index (χ4n) is 1.58. The number of hydrogen-bond donors (Lipinski definition) is 1.